The van der Waals surface area contributed by atoms with E-state index in [1.165, 1.54) is 0 Å². The van der Waals surface area contributed by atoms with Gasteiger partial charge in [-0.05, 0) is 24.6 Å². The number of halogens is 1. The van der Waals surface area contributed by atoms with E-state index in [2.05, 4.69) is 6.92 Å². The maximum Gasteiger partial charge on any atom is 0.258 e. The van der Waals surface area contributed by atoms with Crippen LogP contribution < -0.4 is 4.90 Å². The lowest BCUT2D eigenvalue weighted by molar-refractivity contribution is -0.144. The second-order valence-electron chi connectivity index (χ2n) is 5.25. The standard InChI is InChI=1S/C15H18ClNO3S/c1-10-4-5-17(15(18)13-9-19-6-7-20-13)12-8-11(16)2-3-14(12)21-10/h2-3,8,10,13H,4-7,9H2,1H3. The van der Waals surface area contributed by atoms with Crippen LogP contribution in [0.1, 0.15) is 13.3 Å². The van der Waals surface area contributed by atoms with Gasteiger partial charge in [0.15, 0.2) is 6.10 Å². The van der Waals surface area contributed by atoms with Crippen molar-refractivity contribution in [3.05, 3.63) is 23.2 Å². The molecular formula is C15H18ClNO3S. The number of amides is 1. The minimum atomic E-state index is -0.510. The zero-order valence-electron chi connectivity index (χ0n) is 11.9. The summed E-state index contributed by atoms with van der Waals surface area (Å²) in [5, 5.41) is 1.11. The Kier molecular flexibility index (Phi) is 4.74. The zero-order valence-corrected chi connectivity index (χ0v) is 13.5. The highest BCUT2D eigenvalue weighted by Gasteiger charge is 2.31. The van der Waals surface area contributed by atoms with E-state index < -0.39 is 6.10 Å². The molecule has 4 nitrogen and oxygen atoms in total. The summed E-state index contributed by atoms with van der Waals surface area (Å²) in [5.41, 5.74) is 0.885. The van der Waals surface area contributed by atoms with Gasteiger partial charge in [0.2, 0.25) is 0 Å². The molecule has 2 atom stereocenters. The van der Waals surface area contributed by atoms with Crippen molar-refractivity contribution in [1.82, 2.24) is 0 Å². The Balaban J connectivity index is 1.90. The van der Waals surface area contributed by atoms with E-state index in [0.717, 1.165) is 17.0 Å². The van der Waals surface area contributed by atoms with Gasteiger partial charge in [-0.15, -0.1) is 11.8 Å². The number of benzene rings is 1. The Bertz CT molecular complexity index is 534. The number of ether oxygens (including phenoxy) is 2. The summed E-state index contributed by atoms with van der Waals surface area (Å²) in [4.78, 5) is 15.6. The van der Waals surface area contributed by atoms with E-state index in [1.54, 1.807) is 16.7 Å². The fourth-order valence-electron chi connectivity index (χ4n) is 2.54. The van der Waals surface area contributed by atoms with Crippen LogP contribution in [0.5, 0.6) is 0 Å². The maximum absolute atomic E-state index is 12.8. The molecule has 3 rings (SSSR count). The van der Waals surface area contributed by atoms with Gasteiger partial charge < -0.3 is 14.4 Å². The van der Waals surface area contributed by atoms with Crippen LogP contribution in [0.3, 0.4) is 0 Å². The van der Waals surface area contributed by atoms with Crippen LogP contribution in [-0.4, -0.2) is 43.6 Å². The lowest BCUT2D eigenvalue weighted by atomic mass is 10.2. The molecule has 114 valence electrons. The molecule has 0 aromatic heterocycles. The van der Waals surface area contributed by atoms with Gasteiger partial charge in [0.25, 0.3) is 5.91 Å². The topological polar surface area (TPSA) is 38.8 Å². The Morgan fingerprint density at radius 2 is 2.29 bits per heavy atom. The van der Waals surface area contributed by atoms with Gasteiger partial charge in [-0.1, -0.05) is 18.5 Å². The van der Waals surface area contributed by atoms with E-state index in [-0.39, 0.29) is 5.91 Å². The van der Waals surface area contributed by atoms with Crippen LogP contribution in [0.4, 0.5) is 5.69 Å². The van der Waals surface area contributed by atoms with Gasteiger partial charge in [0, 0.05) is 21.7 Å². The molecule has 0 radical (unpaired) electrons. The summed E-state index contributed by atoms with van der Waals surface area (Å²) >= 11 is 7.90. The molecule has 1 aromatic rings. The van der Waals surface area contributed by atoms with Gasteiger partial charge in [0.1, 0.15) is 0 Å². The van der Waals surface area contributed by atoms with Crippen LogP contribution in [0.25, 0.3) is 0 Å². The third-order valence-corrected chi connectivity index (χ3v) is 5.13. The first-order valence-corrected chi connectivity index (χ1v) is 8.38. The molecule has 0 aliphatic carbocycles. The Labute approximate surface area is 133 Å². The molecule has 21 heavy (non-hydrogen) atoms. The highest BCUT2D eigenvalue weighted by molar-refractivity contribution is 8.00. The fraction of sp³-hybridized carbons (Fsp3) is 0.533. The predicted octanol–water partition coefficient (Wildman–Crippen LogP) is 2.97. The molecule has 1 saturated heterocycles. The summed E-state index contributed by atoms with van der Waals surface area (Å²) in [7, 11) is 0. The fourth-order valence-corrected chi connectivity index (χ4v) is 3.80. The van der Waals surface area contributed by atoms with Crippen LogP contribution in [0.2, 0.25) is 5.02 Å². The second kappa shape index (κ2) is 6.57. The first-order chi connectivity index (χ1) is 10.1. The van der Waals surface area contributed by atoms with Crippen molar-refractivity contribution in [1.29, 1.82) is 0 Å². The minimum absolute atomic E-state index is 0.0343. The van der Waals surface area contributed by atoms with E-state index in [4.69, 9.17) is 21.1 Å². The quantitative estimate of drug-likeness (QED) is 0.795. The molecular weight excluding hydrogens is 310 g/mol. The van der Waals surface area contributed by atoms with Crippen LogP contribution >= 0.6 is 23.4 Å². The van der Waals surface area contributed by atoms with E-state index >= 15 is 0 Å². The summed E-state index contributed by atoms with van der Waals surface area (Å²) in [6.07, 6.45) is 0.431. The van der Waals surface area contributed by atoms with Crippen LogP contribution in [0.15, 0.2) is 23.1 Å². The van der Waals surface area contributed by atoms with E-state index in [1.807, 2.05) is 18.2 Å². The smallest absolute Gasteiger partial charge is 0.258 e. The number of fused-ring (bicyclic) bond motifs is 1. The van der Waals surface area contributed by atoms with E-state index in [9.17, 15) is 4.79 Å². The maximum atomic E-state index is 12.8. The SMILES string of the molecule is CC1CCN(C(=O)C2COCCO2)c2cc(Cl)ccc2S1. The first kappa shape index (κ1) is 15.2. The lowest BCUT2D eigenvalue weighted by Gasteiger charge is -2.29. The van der Waals surface area contributed by atoms with Gasteiger partial charge in [-0.25, -0.2) is 0 Å². The van der Waals surface area contributed by atoms with Crippen molar-refractivity contribution in [3.63, 3.8) is 0 Å². The van der Waals surface area contributed by atoms with Gasteiger partial charge in [-0.2, -0.15) is 0 Å². The van der Waals surface area contributed by atoms with Crippen molar-refractivity contribution in [2.45, 2.75) is 29.6 Å². The van der Waals surface area contributed by atoms with Crippen molar-refractivity contribution >= 4 is 35.0 Å². The van der Waals surface area contributed by atoms with Crippen molar-refractivity contribution < 1.29 is 14.3 Å². The average molecular weight is 328 g/mol. The molecule has 2 aliphatic rings. The van der Waals surface area contributed by atoms with E-state index in [0.29, 0.717) is 36.6 Å². The Hall–Kier alpha value is -0.750. The molecule has 0 N–H and O–H groups in total. The highest BCUT2D eigenvalue weighted by Crippen LogP contribution is 2.39. The third-order valence-electron chi connectivity index (χ3n) is 3.66. The molecule has 2 unspecified atom stereocenters. The number of thioether (sulfide) groups is 1. The third kappa shape index (κ3) is 3.37. The van der Waals surface area contributed by atoms with Gasteiger partial charge >= 0.3 is 0 Å². The molecule has 1 fully saturated rings. The molecule has 0 saturated carbocycles. The second-order valence-corrected chi connectivity index (χ2v) is 7.17. The van der Waals surface area contributed by atoms with Crippen LogP contribution in [0, 0.1) is 0 Å². The summed E-state index contributed by atoms with van der Waals surface area (Å²) < 4.78 is 10.9. The molecule has 1 amide bonds. The van der Waals surface area contributed by atoms with Gasteiger partial charge in [-0.3, -0.25) is 4.79 Å². The molecule has 1 aromatic carbocycles. The molecule has 0 bridgehead atoms. The number of anilines is 1. The zero-order chi connectivity index (χ0) is 14.8. The monoisotopic (exact) mass is 327 g/mol. The molecule has 6 heteroatoms. The predicted molar refractivity (Wildman–Crippen MR) is 84.3 cm³/mol. The number of rotatable bonds is 1. The number of carbonyl (C=O) groups excluding carboxylic acids is 1. The van der Waals surface area contributed by atoms with Crippen molar-refractivity contribution in [2.24, 2.45) is 0 Å². The number of nitrogens with zero attached hydrogens (tertiary/aromatic N) is 1. The van der Waals surface area contributed by atoms with Crippen molar-refractivity contribution in [3.8, 4) is 0 Å². The number of hydrogen-bond acceptors (Lipinski definition) is 4. The van der Waals surface area contributed by atoms with Gasteiger partial charge in [0.05, 0.1) is 25.5 Å². The molecule has 2 heterocycles. The average Bonchev–Trinajstić information content (AvgIpc) is 2.66. The van der Waals surface area contributed by atoms with Crippen LogP contribution in [-0.2, 0) is 14.3 Å². The summed E-state index contributed by atoms with van der Waals surface area (Å²) in [5.74, 6) is -0.0343. The number of hydrogen-bond donors (Lipinski definition) is 0. The first-order valence-electron chi connectivity index (χ1n) is 7.12. The Morgan fingerprint density at radius 1 is 1.43 bits per heavy atom. The lowest BCUT2D eigenvalue weighted by Crippen LogP contribution is -2.46. The highest BCUT2D eigenvalue weighted by atomic mass is 35.5. The minimum Gasteiger partial charge on any atom is -0.376 e. The normalized spacial score (nSPS) is 26.1. The summed E-state index contributed by atoms with van der Waals surface area (Å²) in [6, 6.07) is 5.72. The largest absolute Gasteiger partial charge is 0.376 e. The number of carbonyl (C=O) groups is 1. The molecule has 2 aliphatic heterocycles. The molecule has 0 spiro atoms. The summed E-state index contributed by atoms with van der Waals surface area (Å²) in [6.45, 7) is 4.21. The Morgan fingerprint density at radius 3 is 3.05 bits per heavy atom. The van der Waals surface area contributed by atoms with Crippen molar-refractivity contribution in [2.75, 3.05) is 31.3 Å².